The Kier molecular flexibility index (Phi) is 3.51. The van der Waals surface area contributed by atoms with Crippen molar-refractivity contribution in [1.82, 2.24) is 15.2 Å². The standard InChI is InChI=1S/C12H17N3O/c1-13-8-10-4-5-11(14-9-10)12(16)15-6-2-3-7-15/h4-5,9,13H,2-3,6-8H2,1H3. The first-order valence-corrected chi connectivity index (χ1v) is 5.70. The zero-order valence-electron chi connectivity index (χ0n) is 9.57. The number of pyridine rings is 1. The van der Waals surface area contributed by atoms with Gasteiger partial charge in [0.15, 0.2) is 0 Å². The van der Waals surface area contributed by atoms with Gasteiger partial charge in [-0.15, -0.1) is 0 Å². The summed E-state index contributed by atoms with van der Waals surface area (Å²) in [6.45, 7) is 2.53. The highest BCUT2D eigenvalue weighted by molar-refractivity contribution is 5.92. The van der Waals surface area contributed by atoms with Gasteiger partial charge in [0.2, 0.25) is 0 Å². The highest BCUT2D eigenvalue weighted by atomic mass is 16.2. The lowest BCUT2D eigenvalue weighted by Gasteiger charge is -2.14. The van der Waals surface area contributed by atoms with E-state index in [9.17, 15) is 4.79 Å². The Bertz CT molecular complexity index is 355. The summed E-state index contributed by atoms with van der Waals surface area (Å²) in [7, 11) is 1.89. The van der Waals surface area contributed by atoms with Crippen molar-refractivity contribution < 1.29 is 4.79 Å². The molecular weight excluding hydrogens is 202 g/mol. The van der Waals surface area contributed by atoms with Gasteiger partial charge in [0.25, 0.3) is 5.91 Å². The Morgan fingerprint density at radius 3 is 2.75 bits per heavy atom. The van der Waals surface area contributed by atoms with Gasteiger partial charge in [0.05, 0.1) is 0 Å². The Balaban J connectivity index is 2.05. The van der Waals surface area contributed by atoms with Crippen LogP contribution in [0, 0.1) is 0 Å². The largest absolute Gasteiger partial charge is 0.337 e. The summed E-state index contributed by atoms with van der Waals surface area (Å²) in [5.41, 5.74) is 1.65. The van der Waals surface area contributed by atoms with Crippen molar-refractivity contribution in [1.29, 1.82) is 0 Å². The van der Waals surface area contributed by atoms with Crippen molar-refractivity contribution in [3.05, 3.63) is 29.6 Å². The van der Waals surface area contributed by atoms with E-state index < -0.39 is 0 Å². The minimum Gasteiger partial charge on any atom is -0.337 e. The first-order chi connectivity index (χ1) is 7.81. The quantitative estimate of drug-likeness (QED) is 0.826. The molecule has 0 atom stereocenters. The van der Waals surface area contributed by atoms with Crippen LogP contribution in [0.15, 0.2) is 18.3 Å². The topological polar surface area (TPSA) is 45.2 Å². The molecule has 2 heterocycles. The van der Waals surface area contributed by atoms with Gasteiger partial charge in [0.1, 0.15) is 5.69 Å². The van der Waals surface area contributed by atoms with Crippen LogP contribution in [0.4, 0.5) is 0 Å². The van der Waals surface area contributed by atoms with Crippen LogP contribution in [0.5, 0.6) is 0 Å². The van der Waals surface area contributed by atoms with Crippen LogP contribution in [0.25, 0.3) is 0 Å². The Morgan fingerprint density at radius 1 is 1.44 bits per heavy atom. The highest BCUT2D eigenvalue weighted by Gasteiger charge is 2.19. The van der Waals surface area contributed by atoms with Crippen LogP contribution in [-0.4, -0.2) is 35.9 Å². The van der Waals surface area contributed by atoms with Crippen molar-refractivity contribution in [3.63, 3.8) is 0 Å². The number of nitrogens with one attached hydrogen (secondary N) is 1. The molecule has 1 aliphatic heterocycles. The molecule has 0 spiro atoms. The maximum absolute atomic E-state index is 12.0. The average molecular weight is 219 g/mol. The molecule has 0 bridgehead atoms. The molecule has 0 saturated carbocycles. The SMILES string of the molecule is CNCc1ccc(C(=O)N2CCCC2)nc1. The van der Waals surface area contributed by atoms with Crippen LogP contribution >= 0.6 is 0 Å². The van der Waals surface area contributed by atoms with Gasteiger partial charge >= 0.3 is 0 Å². The van der Waals surface area contributed by atoms with Crippen LogP contribution in [0.1, 0.15) is 28.9 Å². The summed E-state index contributed by atoms with van der Waals surface area (Å²) in [6.07, 6.45) is 3.99. The molecule has 1 aliphatic rings. The van der Waals surface area contributed by atoms with Crippen molar-refractivity contribution in [3.8, 4) is 0 Å². The summed E-state index contributed by atoms with van der Waals surface area (Å²) >= 11 is 0. The number of aromatic nitrogens is 1. The van der Waals surface area contributed by atoms with E-state index in [4.69, 9.17) is 0 Å². The second-order valence-electron chi connectivity index (χ2n) is 4.08. The van der Waals surface area contributed by atoms with Crippen LogP contribution in [0.3, 0.4) is 0 Å². The fraction of sp³-hybridized carbons (Fsp3) is 0.500. The van der Waals surface area contributed by atoms with E-state index in [0.717, 1.165) is 38.0 Å². The monoisotopic (exact) mass is 219 g/mol. The molecule has 1 saturated heterocycles. The van der Waals surface area contributed by atoms with Gasteiger partial charge in [0, 0.05) is 25.8 Å². The maximum atomic E-state index is 12.0. The minimum absolute atomic E-state index is 0.0634. The average Bonchev–Trinajstić information content (AvgIpc) is 2.83. The number of likely N-dealkylation sites (tertiary alicyclic amines) is 1. The Hall–Kier alpha value is -1.42. The van der Waals surface area contributed by atoms with Crippen molar-refractivity contribution in [2.75, 3.05) is 20.1 Å². The van der Waals surface area contributed by atoms with E-state index in [-0.39, 0.29) is 5.91 Å². The molecule has 1 aromatic heterocycles. The predicted molar refractivity (Wildman–Crippen MR) is 62.1 cm³/mol. The molecule has 86 valence electrons. The zero-order chi connectivity index (χ0) is 11.4. The lowest BCUT2D eigenvalue weighted by atomic mass is 10.2. The molecule has 0 radical (unpaired) electrons. The smallest absolute Gasteiger partial charge is 0.272 e. The molecule has 0 unspecified atom stereocenters. The molecule has 0 aromatic carbocycles. The van der Waals surface area contributed by atoms with Crippen LogP contribution < -0.4 is 5.32 Å². The van der Waals surface area contributed by atoms with Gasteiger partial charge in [-0.2, -0.15) is 0 Å². The van der Waals surface area contributed by atoms with Gasteiger partial charge in [-0.05, 0) is 31.5 Å². The molecule has 0 aliphatic carbocycles. The summed E-state index contributed by atoms with van der Waals surface area (Å²) in [4.78, 5) is 18.0. The predicted octanol–water partition coefficient (Wildman–Crippen LogP) is 1.04. The van der Waals surface area contributed by atoms with Gasteiger partial charge in [-0.3, -0.25) is 9.78 Å². The Morgan fingerprint density at radius 2 is 2.19 bits per heavy atom. The van der Waals surface area contributed by atoms with Crippen molar-refractivity contribution in [2.24, 2.45) is 0 Å². The third-order valence-corrected chi connectivity index (χ3v) is 2.82. The third kappa shape index (κ3) is 2.39. The first-order valence-electron chi connectivity index (χ1n) is 5.70. The third-order valence-electron chi connectivity index (χ3n) is 2.82. The van der Waals surface area contributed by atoms with E-state index in [2.05, 4.69) is 10.3 Å². The highest BCUT2D eigenvalue weighted by Crippen LogP contribution is 2.11. The summed E-state index contributed by atoms with van der Waals surface area (Å²) < 4.78 is 0. The van der Waals surface area contributed by atoms with Crippen LogP contribution in [-0.2, 0) is 6.54 Å². The van der Waals surface area contributed by atoms with E-state index >= 15 is 0 Å². The molecule has 4 nitrogen and oxygen atoms in total. The molecule has 1 N–H and O–H groups in total. The second-order valence-corrected chi connectivity index (χ2v) is 4.08. The number of nitrogens with zero attached hydrogens (tertiary/aromatic N) is 2. The van der Waals surface area contributed by atoms with E-state index in [1.165, 1.54) is 0 Å². The number of carbonyl (C=O) groups is 1. The first kappa shape index (κ1) is 11.1. The zero-order valence-corrected chi connectivity index (χ0v) is 9.57. The van der Waals surface area contributed by atoms with Gasteiger partial charge in [-0.25, -0.2) is 0 Å². The fourth-order valence-corrected chi connectivity index (χ4v) is 1.94. The van der Waals surface area contributed by atoms with Crippen molar-refractivity contribution >= 4 is 5.91 Å². The van der Waals surface area contributed by atoms with Crippen molar-refractivity contribution in [2.45, 2.75) is 19.4 Å². The number of hydrogen-bond acceptors (Lipinski definition) is 3. The Labute approximate surface area is 95.7 Å². The van der Waals surface area contributed by atoms with E-state index in [1.807, 2.05) is 24.1 Å². The van der Waals surface area contributed by atoms with Crippen LogP contribution in [0.2, 0.25) is 0 Å². The van der Waals surface area contributed by atoms with Gasteiger partial charge < -0.3 is 10.2 Å². The number of amides is 1. The summed E-state index contributed by atoms with van der Waals surface area (Å²) in [5.74, 6) is 0.0634. The lowest BCUT2D eigenvalue weighted by molar-refractivity contribution is 0.0787. The molecule has 1 amide bonds. The summed E-state index contributed by atoms with van der Waals surface area (Å²) in [5, 5.41) is 3.05. The number of carbonyl (C=O) groups excluding carboxylic acids is 1. The molecule has 16 heavy (non-hydrogen) atoms. The number of hydrogen-bond donors (Lipinski definition) is 1. The molecule has 1 fully saturated rings. The normalized spacial score (nSPS) is 15.4. The maximum Gasteiger partial charge on any atom is 0.272 e. The minimum atomic E-state index is 0.0634. The molecule has 4 heteroatoms. The second kappa shape index (κ2) is 5.07. The molecule has 2 rings (SSSR count). The van der Waals surface area contributed by atoms with Gasteiger partial charge in [-0.1, -0.05) is 6.07 Å². The fourth-order valence-electron chi connectivity index (χ4n) is 1.94. The lowest BCUT2D eigenvalue weighted by Crippen LogP contribution is -2.28. The molecule has 1 aromatic rings. The molecular formula is C12H17N3O. The van der Waals surface area contributed by atoms with E-state index in [0.29, 0.717) is 5.69 Å². The van der Waals surface area contributed by atoms with E-state index in [1.54, 1.807) is 6.20 Å². The summed E-state index contributed by atoms with van der Waals surface area (Å²) in [6, 6.07) is 3.76. The number of rotatable bonds is 3.